The summed E-state index contributed by atoms with van der Waals surface area (Å²) >= 11 is 5.94. The first-order valence-electron chi connectivity index (χ1n) is 8.60. The summed E-state index contributed by atoms with van der Waals surface area (Å²) in [6.45, 7) is 0.947. The lowest BCUT2D eigenvalue weighted by Crippen LogP contribution is -2.41. The number of ether oxygens (including phenoxy) is 1. The molecule has 1 N–H and O–H groups in total. The van der Waals surface area contributed by atoms with Crippen LogP contribution in [0.4, 0.5) is 18.9 Å². The Labute approximate surface area is 177 Å². The van der Waals surface area contributed by atoms with Gasteiger partial charge in [0.15, 0.2) is 0 Å². The van der Waals surface area contributed by atoms with E-state index in [4.69, 9.17) is 16.3 Å². The highest BCUT2D eigenvalue weighted by Gasteiger charge is 2.33. The summed E-state index contributed by atoms with van der Waals surface area (Å²) in [7, 11) is -2.59. The van der Waals surface area contributed by atoms with Gasteiger partial charge in [-0.2, -0.15) is 13.2 Å². The van der Waals surface area contributed by atoms with Gasteiger partial charge in [-0.3, -0.25) is 9.10 Å². The third-order valence-electron chi connectivity index (χ3n) is 4.22. The van der Waals surface area contributed by atoms with E-state index in [1.54, 1.807) is 31.2 Å². The number of amides is 1. The van der Waals surface area contributed by atoms with Crippen molar-refractivity contribution in [2.45, 2.75) is 19.1 Å². The van der Waals surface area contributed by atoms with Crippen molar-refractivity contribution >= 4 is 33.2 Å². The Balaban J connectivity index is 2.26. The molecule has 1 atom stereocenters. The SMILES string of the molecule is COc1ccc([C@H](C)NC(=O)CN(c2cc(C(F)(F)F)ccc2Cl)S(C)(=O)=O)cc1. The van der Waals surface area contributed by atoms with Gasteiger partial charge >= 0.3 is 6.18 Å². The van der Waals surface area contributed by atoms with Gasteiger partial charge in [-0.25, -0.2) is 8.42 Å². The van der Waals surface area contributed by atoms with Crippen LogP contribution in [0.1, 0.15) is 24.1 Å². The minimum Gasteiger partial charge on any atom is -0.497 e. The van der Waals surface area contributed by atoms with Crippen LogP contribution in [0.15, 0.2) is 42.5 Å². The summed E-state index contributed by atoms with van der Waals surface area (Å²) in [6, 6.07) is 8.63. The predicted octanol–water partition coefficient (Wildman–Crippen LogP) is 4.01. The number of halogens is 4. The maximum atomic E-state index is 13.0. The number of nitrogens with one attached hydrogen (secondary N) is 1. The molecular weight excluding hydrogens is 445 g/mol. The number of sulfonamides is 1. The van der Waals surface area contributed by atoms with Crippen LogP contribution in [-0.4, -0.2) is 34.2 Å². The summed E-state index contributed by atoms with van der Waals surface area (Å²) in [4.78, 5) is 12.5. The van der Waals surface area contributed by atoms with E-state index in [1.807, 2.05) is 0 Å². The smallest absolute Gasteiger partial charge is 0.416 e. The number of benzene rings is 2. The van der Waals surface area contributed by atoms with Gasteiger partial charge in [-0.15, -0.1) is 0 Å². The lowest BCUT2D eigenvalue weighted by molar-refractivity contribution is -0.137. The van der Waals surface area contributed by atoms with Crippen molar-refractivity contribution in [3.05, 3.63) is 58.6 Å². The van der Waals surface area contributed by atoms with Crippen molar-refractivity contribution < 1.29 is 31.1 Å². The van der Waals surface area contributed by atoms with Crippen LogP contribution in [0.25, 0.3) is 0 Å². The molecule has 0 aliphatic carbocycles. The number of hydrogen-bond acceptors (Lipinski definition) is 4. The molecule has 6 nitrogen and oxygen atoms in total. The maximum Gasteiger partial charge on any atom is 0.416 e. The fraction of sp³-hybridized carbons (Fsp3) is 0.316. The number of nitrogens with zero attached hydrogens (tertiary/aromatic N) is 1. The second kappa shape index (κ2) is 9.13. The molecule has 0 aromatic heterocycles. The van der Waals surface area contributed by atoms with Crippen molar-refractivity contribution in [1.29, 1.82) is 0 Å². The number of methoxy groups -OCH3 is 1. The van der Waals surface area contributed by atoms with Crippen molar-refractivity contribution in [3.63, 3.8) is 0 Å². The Morgan fingerprint density at radius 1 is 1.20 bits per heavy atom. The van der Waals surface area contributed by atoms with Gasteiger partial charge < -0.3 is 10.1 Å². The average Bonchev–Trinajstić information content (AvgIpc) is 2.65. The molecule has 2 rings (SSSR count). The highest BCUT2D eigenvalue weighted by atomic mass is 35.5. The van der Waals surface area contributed by atoms with E-state index in [0.717, 1.165) is 24.0 Å². The highest BCUT2D eigenvalue weighted by Crippen LogP contribution is 2.36. The summed E-state index contributed by atoms with van der Waals surface area (Å²) in [5.41, 5.74) is -0.782. The van der Waals surface area contributed by atoms with Gasteiger partial charge in [-0.05, 0) is 42.8 Å². The van der Waals surface area contributed by atoms with E-state index in [9.17, 15) is 26.4 Å². The fourth-order valence-corrected chi connectivity index (χ4v) is 3.78. The van der Waals surface area contributed by atoms with Gasteiger partial charge in [-0.1, -0.05) is 23.7 Å². The quantitative estimate of drug-likeness (QED) is 0.671. The summed E-state index contributed by atoms with van der Waals surface area (Å²) < 4.78 is 69.1. The van der Waals surface area contributed by atoms with E-state index in [0.29, 0.717) is 16.1 Å². The van der Waals surface area contributed by atoms with Crippen molar-refractivity contribution in [2.24, 2.45) is 0 Å². The van der Waals surface area contributed by atoms with E-state index in [1.165, 1.54) is 7.11 Å². The number of carbonyl (C=O) groups excluding carboxylic acids is 1. The zero-order chi connectivity index (χ0) is 22.7. The summed E-state index contributed by atoms with van der Waals surface area (Å²) in [5.74, 6) is -0.0862. The molecule has 0 aliphatic rings. The minimum absolute atomic E-state index is 0.232. The van der Waals surface area contributed by atoms with E-state index in [-0.39, 0.29) is 5.02 Å². The molecule has 164 valence electrons. The van der Waals surface area contributed by atoms with E-state index >= 15 is 0 Å². The molecule has 0 fully saturated rings. The Hall–Kier alpha value is -2.46. The number of hydrogen-bond donors (Lipinski definition) is 1. The Kier molecular flexibility index (Phi) is 7.25. The Bertz CT molecular complexity index is 1010. The van der Waals surface area contributed by atoms with Crippen LogP contribution >= 0.6 is 11.6 Å². The molecule has 0 saturated heterocycles. The molecule has 0 heterocycles. The molecule has 11 heteroatoms. The lowest BCUT2D eigenvalue weighted by Gasteiger charge is -2.25. The largest absolute Gasteiger partial charge is 0.497 e. The second-order valence-electron chi connectivity index (χ2n) is 6.50. The number of anilines is 1. The molecule has 2 aromatic carbocycles. The number of alkyl halides is 3. The molecule has 0 unspecified atom stereocenters. The molecule has 0 bridgehead atoms. The third kappa shape index (κ3) is 6.02. The van der Waals surface area contributed by atoms with Gasteiger partial charge in [0.05, 0.1) is 35.7 Å². The Morgan fingerprint density at radius 3 is 2.30 bits per heavy atom. The van der Waals surface area contributed by atoms with Gasteiger partial charge in [0, 0.05) is 0 Å². The maximum absolute atomic E-state index is 13.0. The van der Waals surface area contributed by atoms with Crippen molar-refractivity contribution in [3.8, 4) is 5.75 Å². The zero-order valence-corrected chi connectivity index (χ0v) is 17.9. The first kappa shape index (κ1) is 23.8. The van der Waals surface area contributed by atoms with Gasteiger partial charge in [0.25, 0.3) is 0 Å². The van der Waals surface area contributed by atoms with Crippen molar-refractivity contribution in [2.75, 3.05) is 24.2 Å². The first-order valence-corrected chi connectivity index (χ1v) is 10.8. The monoisotopic (exact) mass is 464 g/mol. The zero-order valence-electron chi connectivity index (χ0n) is 16.3. The lowest BCUT2D eigenvalue weighted by atomic mass is 10.1. The minimum atomic E-state index is -4.70. The molecule has 0 saturated carbocycles. The van der Waals surface area contributed by atoms with Crippen LogP contribution < -0.4 is 14.4 Å². The summed E-state index contributed by atoms with van der Waals surface area (Å²) in [5, 5.41) is 2.39. The molecule has 0 radical (unpaired) electrons. The molecule has 0 spiro atoms. The topological polar surface area (TPSA) is 75.7 Å². The van der Waals surface area contributed by atoms with Crippen molar-refractivity contribution in [1.82, 2.24) is 5.32 Å². The van der Waals surface area contributed by atoms with E-state index < -0.39 is 45.9 Å². The van der Waals surface area contributed by atoms with E-state index in [2.05, 4.69) is 5.32 Å². The third-order valence-corrected chi connectivity index (χ3v) is 5.67. The van der Waals surface area contributed by atoms with Crippen LogP contribution in [0.2, 0.25) is 5.02 Å². The number of rotatable bonds is 7. The molecule has 30 heavy (non-hydrogen) atoms. The van der Waals surface area contributed by atoms with Crippen LogP contribution in [0.5, 0.6) is 5.75 Å². The standard InChI is InChI=1S/C19H20ClF3N2O4S/c1-12(13-4-7-15(29-2)8-5-13)24-18(26)11-25(30(3,27)28)17-10-14(19(21,22)23)6-9-16(17)20/h4-10,12H,11H2,1-3H3,(H,24,26)/t12-/m0/s1. The fourth-order valence-electron chi connectivity index (χ4n) is 2.65. The highest BCUT2D eigenvalue weighted by molar-refractivity contribution is 7.92. The van der Waals surface area contributed by atoms with Crippen LogP contribution in [-0.2, 0) is 21.0 Å². The predicted molar refractivity (Wildman–Crippen MR) is 108 cm³/mol. The number of carbonyl (C=O) groups is 1. The molecular formula is C19H20ClF3N2O4S. The average molecular weight is 465 g/mol. The van der Waals surface area contributed by atoms with Gasteiger partial charge in [0.1, 0.15) is 12.3 Å². The Morgan fingerprint density at radius 2 is 1.80 bits per heavy atom. The normalized spacial score (nSPS) is 12.9. The van der Waals surface area contributed by atoms with Crippen LogP contribution in [0, 0.1) is 0 Å². The molecule has 0 aliphatic heterocycles. The first-order chi connectivity index (χ1) is 13.8. The summed E-state index contributed by atoms with van der Waals surface area (Å²) in [6.07, 6.45) is -3.92. The van der Waals surface area contributed by atoms with Gasteiger partial charge in [0.2, 0.25) is 15.9 Å². The molecule has 1 amide bonds. The van der Waals surface area contributed by atoms with Crippen LogP contribution in [0.3, 0.4) is 0 Å². The second-order valence-corrected chi connectivity index (χ2v) is 8.81. The molecule has 2 aromatic rings.